The van der Waals surface area contributed by atoms with Crippen LogP contribution in [0.2, 0.25) is 10.0 Å². The van der Waals surface area contributed by atoms with Crippen molar-refractivity contribution in [2.24, 2.45) is 4.99 Å². The molecule has 0 amide bonds. The number of H-pyrrole nitrogens is 1. The van der Waals surface area contributed by atoms with Gasteiger partial charge >= 0.3 is 5.97 Å². The van der Waals surface area contributed by atoms with E-state index in [1.54, 1.807) is 36.4 Å². The number of aromatic amines is 1. The van der Waals surface area contributed by atoms with Gasteiger partial charge in [0.1, 0.15) is 16.5 Å². The molecule has 10 nitrogen and oxygen atoms in total. The third-order valence-corrected chi connectivity index (χ3v) is 8.50. The van der Waals surface area contributed by atoms with Gasteiger partial charge in [0.05, 0.1) is 27.8 Å². The van der Waals surface area contributed by atoms with Crippen molar-refractivity contribution in [2.45, 2.75) is 6.54 Å². The summed E-state index contributed by atoms with van der Waals surface area (Å²) in [6.45, 7) is 0.419. The van der Waals surface area contributed by atoms with E-state index in [0.717, 1.165) is 21.2 Å². The summed E-state index contributed by atoms with van der Waals surface area (Å²) in [4.78, 5) is 16.8. The number of halogens is 3. The first-order valence-electron chi connectivity index (χ1n) is 12.5. The van der Waals surface area contributed by atoms with Crippen LogP contribution in [0.1, 0.15) is 15.9 Å². The maximum Gasteiger partial charge on any atom is 0.335 e. The Balaban J connectivity index is 1.36. The molecule has 0 saturated heterocycles. The van der Waals surface area contributed by atoms with Crippen LogP contribution >= 0.6 is 50.5 Å². The highest BCUT2D eigenvalue weighted by molar-refractivity contribution is 9.10. The lowest BCUT2D eigenvalue weighted by Crippen LogP contribution is -2.17. The fourth-order valence-corrected chi connectivity index (χ4v) is 5.92. The number of hydrogen-bond donors (Lipinski definition) is 2. The summed E-state index contributed by atoms with van der Waals surface area (Å²) in [7, 11) is 0. The average Bonchev–Trinajstić information content (AvgIpc) is 3.66. The molecule has 0 unspecified atom stereocenters. The fraction of sp³-hybridized carbons (Fsp3) is 0.0345. The van der Waals surface area contributed by atoms with Crippen LogP contribution in [0.15, 0.2) is 94.4 Å². The van der Waals surface area contributed by atoms with Crippen molar-refractivity contribution in [1.82, 2.24) is 30.4 Å². The molecule has 0 spiro atoms. The van der Waals surface area contributed by atoms with Gasteiger partial charge in [-0.1, -0.05) is 74.7 Å². The number of carbonyl (C=O) groups is 1. The lowest BCUT2D eigenvalue weighted by Gasteiger charge is -2.07. The molecule has 214 valence electrons. The van der Waals surface area contributed by atoms with Crippen molar-refractivity contribution >= 4 is 62.1 Å². The number of ether oxygens (including phenoxy) is 1. The molecule has 43 heavy (non-hydrogen) atoms. The molecular formula is C29H18BrCl2N7O3S. The SMILES string of the molecule is O=C(O)c1cccc(Oc2cccc(-c3nn(Cc4ccc(-c5nnn[nH]5)c(Br)c4)/c(=N\c4ccc(Cl)c(Cl)c4)s3)c2)c1. The number of carboxylic acid groups (broad SMARTS) is 1. The molecule has 0 fully saturated rings. The highest BCUT2D eigenvalue weighted by Crippen LogP contribution is 2.30. The first-order valence-corrected chi connectivity index (χ1v) is 14.9. The monoisotopic (exact) mass is 693 g/mol. The quantitative estimate of drug-likeness (QED) is 0.167. The Kier molecular flexibility index (Phi) is 8.34. The molecule has 6 rings (SSSR count). The minimum atomic E-state index is -1.03. The predicted octanol–water partition coefficient (Wildman–Crippen LogP) is 7.63. The van der Waals surface area contributed by atoms with Crippen LogP contribution in [0.5, 0.6) is 11.5 Å². The van der Waals surface area contributed by atoms with Crippen LogP contribution < -0.4 is 9.54 Å². The van der Waals surface area contributed by atoms with Crippen molar-refractivity contribution < 1.29 is 14.6 Å². The van der Waals surface area contributed by atoms with E-state index >= 15 is 0 Å². The molecule has 0 aliphatic carbocycles. The van der Waals surface area contributed by atoms with E-state index in [2.05, 4.69) is 36.6 Å². The van der Waals surface area contributed by atoms with Gasteiger partial charge in [0, 0.05) is 15.6 Å². The van der Waals surface area contributed by atoms with Crippen LogP contribution in [0, 0.1) is 0 Å². The minimum absolute atomic E-state index is 0.139. The third-order valence-electron chi connectivity index (χ3n) is 6.11. The van der Waals surface area contributed by atoms with Gasteiger partial charge in [-0.05, 0) is 76.7 Å². The van der Waals surface area contributed by atoms with E-state index in [4.69, 9.17) is 38.0 Å². The Morgan fingerprint density at radius 2 is 1.81 bits per heavy atom. The van der Waals surface area contributed by atoms with Gasteiger partial charge < -0.3 is 9.84 Å². The summed E-state index contributed by atoms with van der Waals surface area (Å²) in [5.41, 5.74) is 3.36. The van der Waals surface area contributed by atoms with E-state index in [9.17, 15) is 9.90 Å². The zero-order valence-corrected chi connectivity index (χ0v) is 25.7. The van der Waals surface area contributed by atoms with Gasteiger partial charge in [-0.3, -0.25) is 0 Å². The standard InChI is InChI=1S/C29H18BrCl2N7O3S/c30-23-11-16(7-9-22(23)26-34-37-38-35-26)15-39-29(33-19-8-10-24(31)25(32)14-19)43-27(36-39)17-3-1-5-20(12-17)42-21-6-2-4-18(13-21)28(40)41/h1-14H,15H2,(H,40,41)(H,34,35,37,38)/b33-29+. The first kappa shape index (κ1) is 28.7. The van der Waals surface area contributed by atoms with E-state index < -0.39 is 5.97 Å². The van der Waals surface area contributed by atoms with Crippen molar-refractivity contribution in [2.75, 3.05) is 0 Å². The molecule has 4 aromatic carbocycles. The number of aromatic nitrogens is 6. The number of benzene rings is 4. The van der Waals surface area contributed by atoms with E-state index in [1.807, 2.05) is 41.1 Å². The van der Waals surface area contributed by atoms with E-state index in [-0.39, 0.29) is 5.56 Å². The summed E-state index contributed by atoms with van der Waals surface area (Å²) in [5.74, 6) is 0.471. The Labute approximate surface area is 266 Å². The molecular weight excluding hydrogens is 677 g/mol. The van der Waals surface area contributed by atoms with Crippen molar-refractivity contribution in [3.63, 3.8) is 0 Å². The molecule has 2 aromatic heterocycles. The minimum Gasteiger partial charge on any atom is -0.478 e. The summed E-state index contributed by atoms with van der Waals surface area (Å²) in [6, 6.07) is 24.8. The Hall–Kier alpha value is -4.36. The zero-order valence-electron chi connectivity index (χ0n) is 21.8. The average molecular weight is 695 g/mol. The largest absolute Gasteiger partial charge is 0.478 e. The van der Waals surface area contributed by atoms with Crippen LogP contribution in [-0.2, 0) is 6.54 Å². The normalized spacial score (nSPS) is 11.6. The number of aromatic carboxylic acids is 1. The van der Waals surface area contributed by atoms with Crippen LogP contribution in [-0.4, -0.2) is 41.5 Å². The molecule has 0 aliphatic heterocycles. The zero-order chi connectivity index (χ0) is 29.9. The van der Waals surface area contributed by atoms with Gasteiger partial charge in [-0.15, -0.1) is 5.10 Å². The van der Waals surface area contributed by atoms with E-state index in [1.165, 1.54) is 23.5 Å². The second-order valence-corrected chi connectivity index (χ2v) is 11.7. The van der Waals surface area contributed by atoms with Crippen LogP contribution in [0.3, 0.4) is 0 Å². The Morgan fingerprint density at radius 3 is 2.56 bits per heavy atom. The number of nitrogens with one attached hydrogen (secondary N) is 1. The molecule has 2 N–H and O–H groups in total. The second kappa shape index (κ2) is 12.5. The number of hydrogen-bond acceptors (Lipinski definition) is 8. The van der Waals surface area contributed by atoms with Crippen molar-refractivity contribution in [3.8, 4) is 33.5 Å². The topological polar surface area (TPSA) is 131 Å². The molecule has 0 saturated carbocycles. The number of nitrogens with zero attached hydrogens (tertiary/aromatic N) is 6. The maximum atomic E-state index is 11.4. The van der Waals surface area contributed by atoms with Gasteiger partial charge in [-0.2, -0.15) is 5.10 Å². The molecule has 14 heteroatoms. The Bertz CT molecular complexity index is 2030. The molecule has 0 bridgehead atoms. The number of carboxylic acids is 1. The summed E-state index contributed by atoms with van der Waals surface area (Å²) in [5, 5.41) is 29.8. The van der Waals surface area contributed by atoms with Crippen molar-refractivity contribution in [1.29, 1.82) is 0 Å². The van der Waals surface area contributed by atoms with Crippen LogP contribution in [0.4, 0.5) is 5.69 Å². The lowest BCUT2D eigenvalue weighted by atomic mass is 10.1. The number of rotatable bonds is 8. The first-order chi connectivity index (χ1) is 20.8. The van der Waals surface area contributed by atoms with Gasteiger partial charge in [0.15, 0.2) is 5.82 Å². The Morgan fingerprint density at radius 1 is 1.00 bits per heavy atom. The van der Waals surface area contributed by atoms with Gasteiger partial charge in [-0.25, -0.2) is 19.6 Å². The lowest BCUT2D eigenvalue weighted by molar-refractivity contribution is 0.0696. The van der Waals surface area contributed by atoms with Gasteiger partial charge in [0.2, 0.25) is 4.80 Å². The molecule has 2 heterocycles. The highest BCUT2D eigenvalue weighted by Gasteiger charge is 2.13. The number of tetrazole rings is 1. The summed E-state index contributed by atoms with van der Waals surface area (Å²) < 4.78 is 8.60. The molecule has 0 radical (unpaired) electrons. The third kappa shape index (κ3) is 6.67. The van der Waals surface area contributed by atoms with Crippen molar-refractivity contribution in [3.05, 3.63) is 115 Å². The van der Waals surface area contributed by atoms with Crippen LogP contribution in [0.25, 0.3) is 22.0 Å². The van der Waals surface area contributed by atoms with Gasteiger partial charge in [0.25, 0.3) is 0 Å². The molecule has 0 atom stereocenters. The fourth-order valence-electron chi connectivity index (χ4n) is 4.09. The molecule has 0 aliphatic rings. The molecule has 6 aromatic rings. The summed E-state index contributed by atoms with van der Waals surface area (Å²) in [6.07, 6.45) is 0. The maximum absolute atomic E-state index is 11.4. The second-order valence-electron chi connectivity index (χ2n) is 9.08. The summed E-state index contributed by atoms with van der Waals surface area (Å²) >= 11 is 17.4. The van der Waals surface area contributed by atoms with E-state index in [0.29, 0.717) is 49.4 Å². The smallest absolute Gasteiger partial charge is 0.335 e. The highest BCUT2D eigenvalue weighted by atomic mass is 79.9. The predicted molar refractivity (Wildman–Crippen MR) is 167 cm³/mol.